The molecule has 0 aliphatic rings. The van der Waals surface area contributed by atoms with Gasteiger partial charge in [0, 0.05) is 6.07 Å². The number of ether oxygens (including phenoxy) is 1. The Hall–Kier alpha value is -2.04. The Morgan fingerprint density at radius 3 is 2.62 bits per heavy atom. The third-order valence-corrected chi connectivity index (χ3v) is 2.08. The second kappa shape index (κ2) is 3.84. The Balaban J connectivity index is 2.62. The van der Waals surface area contributed by atoms with Gasteiger partial charge >= 0.3 is 5.69 Å². The maximum Gasteiger partial charge on any atom is 0.326 e. The van der Waals surface area contributed by atoms with E-state index in [-0.39, 0.29) is 6.10 Å². The quantitative estimate of drug-likeness (QED) is 0.792. The number of fused-ring (bicyclic) bond motifs is 1. The number of aromatic nitrogens is 2. The highest BCUT2D eigenvalue weighted by atomic mass is 16.5. The average Bonchev–Trinajstić information content (AvgIpc) is 2.15. The lowest BCUT2D eigenvalue weighted by Crippen LogP contribution is -2.21. The Labute approximate surface area is 91.1 Å². The van der Waals surface area contributed by atoms with Crippen LogP contribution in [0, 0.1) is 0 Å². The minimum absolute atomic E-state index is 0.0474. The van der Waals surface area contributed by atoms with Gasteiger partial charge in [0.1, 0.15) is 5.75 Å². The fourth-order valence-electron chi connectivity index (χ4n) is 1.49. The largest absolute Gasteiger partial charge is 0.491 e. The summed E-state index contributed by atoms with van der Waals surface area (Å²) in [4.78, 5) is 27.2. The van der Waals surface area contributed by atoms with E-state index in [4.69, 9.17) is 4.74 Å². The Morgan fingerprint density at radius 1 is 1.19 bits per heavy atom. The Bertz CT molecular complexity index is 625. The van der Waals surface area contributed by atoms with E-state index in [0.29, 0.717) is 16.7 Å². The van der Waals surface area contributed by atoms with Crippen LogP contribution in [-0.2, 0) is 0 Å². The minimum atomic E-state index is -0.515. The normalized spacial score (nSPS) is 10.9. The summed E-state index contributed by atoms with van der Waals surface area (Å²) < 4.78 is 5.47. The molecular weight excluding hydrogens is 208 g/mol. The molecule has 1 heterocycles. The van der Waals surface area contributed by atoms with Crippen molar-refractivity contribution < 1.29 is 4.74 Å². The van der Waals surface area contributed by atoms with Gasteiger partial charge in [-0.2, -0.15) is 0 Å². The van der Waals surface area contributed by atoms with Crippen LogP contribution in [0.5, 0.6) is 5.75 Å². The van der Waals surface area contributed by atoms with Crippen LogP contribution < -0.4 is 16.0 Å². The van der Waals surface area contributed by atoms with Crippen molar-refractivity contribution in [2.24, 2.45) is 0 Å². The summed E-state index contributed by atoms with van der Waals surface area (Å²) in [5, 5.41) is 0.440. The molecule has 0 aliphatic carbocycles. The van der Waals surface area contributed by atoms with Gasteiger partial charge in [-0.25, -0.2) is 4.79 Å². The average molecular weight is 220 g/mol. The maximum absolute atomic E-state index is 11.4. The van der Waals surface area contributed by atoms with E-state index < -0.39 is 11.2 Å². The lowest BCUT2D eigenvalue weighted by molar-refractivity contribution is 0.242. The molecule has 16 heavy (non-hydrogen) atoms. The van der Waals surface area contributed by atoms with Gasteiger partial charge < -0.3 is 9.72 Å². The first-order valence-corrected chi connectivity index (χ1v) is 4.99. The summed E-state index contributed by atoms with van der Waals surface area (Å²) in [6.07, 6.45) is 0.0474. The van der Waals surface area contributed by atoms with Gasteiger partial charge in [0.05, 0.1) is 17.0 Å². The van der Waals surface area contributed by atoms with Crippen molar-refractivity contribution in [3.63, 3.8) is 0 Å². The zero-order chi connectivity index (χ0) is 11.7. The molecule has 84 valence electrons. The molecule has 1 aromatic heterocycles. The lowest BCUT2D eigenvalue weighted by Gasteiger charge is -2.09. The van der Waals surface area contributed by atoms with E-state index in [1.165, 1.54) is 0 Å². The molecule has 2 rings (SSSR count). The highest BCUT2D eigenvalue weighted by Crippen LogP contribution is 2.16. The van der Waals surface area contributed by atoms with Gasteiger partial charge in [-0.15, -0.1) is 0 Å². The van der Waals surface area contributed by atoms with Crippen molar-refractivity contribution in [1.29, 1.82) is 0 Å². The molecular formula is C11H12N2O3. The molecule has 0 aliphatic heterocycles. The molecule has 0 spiro atoms. The molecule has 0 saturated carbocycles. The zero-order valence-corrected chi connectivity index (χ0v) is 9.03. The van der Waals surface area contributed by atoms with Crippen LogP contribution in [0.25, 0.3) is 10.9 Å². The highest BCUT2D eigenvalue weighted by Gasteiger charge is 2.03. The van der Waals surface area contributed by atoms with Crippen LogP contribution in [0.1, 0.15) is 13.8 Å². The van der Waals surface area contributed by atoms with Crippen LogP contribution in [0.2, 0.25) is 0 Å². The molecule has 2 N–H and O–H groups in total. The first-order chi connectivity index (χ1) is 7.56. The van der Waals surface area contributed by atoms with Crippen LogP contribution in [-0.4, -0.2) is 16.1 Å². The molecule has 0 unspecified atom stereocenters. The Morgan fingerprint density at radius 2 is 1.94 bits per heavy atom. The molecule has 1 aromatic carbocycles. The number of nitrogens with one attached hydrogen (secondary N) is 2. The summed E-state index contributed by atoms with van der Waals surface area (Å²) in [6.45, 7) is 3.81. The number of H-pyrrole nitrogens is 2. The monoisotopic (exact) mass is 220 g/mol. The summed E-state index contributed by atoms with van der Waals surface area (Å²) in [5.74, 6) is 0.628. The number of hydrogen-bond acceptors (Lipinski definition) is 3. The van der Waals surface area contributed by atoms with E-state index in [1.54, 1.807) is 18.2 Å². The molecule has 0 atom stereocenters. The second-order valence-corrected chi connectivity index (χ2v) is 3.78. The SMILES string of the molecule is CC(C)Oc1ccc2c(=O)[nH]c(=O)[nH]c2c1. The number of benzene rings is 1. The predicted octanol–water partition coefficient (Wildman–Crippen LogP) is 1.00. The molecule has 0 radical (unpaired) electrons. The Kier molecular flexibility index (Phi) is 2.52. The van der Waals surface area contributed by atoms with E-state index in [1.807, 2.05) is 13.8 Å². The van der Waals surface area contributed by atoms with Crippen LogP contribution in [0.3, 0.4) is 0 Å². The van der Waals surface area contributed by atoms with Crippen molar-refractivity contribution in [2.45, 2.75) is 20.0 Å². The van der Waals surface area contributed by atoms with Crippen molar-refractivity contribution in [3.8, 4) is 5.75 Å². The topological polar surface area (TPSA) is 75.0 Å². The molecule has 2 aromatic rings. The maximum atomic E-state index is 11.4. The molecule has 5 heteroatoms. The summed E-state index contributed by atoms with van der Waals surface area (Å²) in [5.41, 5.74) is -0.430. The minimum Gasteiger partial charge on any atom is -0.491 e. The number of aromatic amines is 2. The van der Waals surface area contributed by atoms with Gasteiger partial charge in [-0.05, 0) is 26.0 Å². The van der Waals surface area contributed by atoms with Crippen LogP contribution in [0.15, 0.2) is 27.8 Å². The van der Waals surface area contributed by atoms with E-state index in [9.17, 15) is 9.59 Å². The lowest BCUT2D eigenvalue weighted by atomic mass is 10.2. The molecule has 0 fully saturated rings. The second-order valence-electron chi connectivity index (χ2n) is 3.78. The van der Waals surface area contributed by atoms with E-state index >= 15 is 0 Å². The summed E-state index contributed by atoms with van der Waals surface area (Å²) in [7, 11) is 0. The molecule has 5 nitrogen and oxygen atoms in total. The zero-order valence-electron chi connectivity index (χ0n) is 9.03. The third kappa shape index (κ3) is 1.98. The molecule has 0 saturated heterocycles. The van der Waals surface area contributed by atoms with Gasteiger partial charge in [0.25, 0.3) is 5.56 Å². The summed E-state index contributed by atoms with van der Waals surface area (Å²) >= 11 is 0. The molecule has 0 amide bonds. The fourth-order valence-corrected chi connectivity index (χ4v) is 1.49. The van der Waals surface area contributed by atoms with Crippen molar-refractivity contribution in [2.75, 3.05) is 0 Å². The van der Waals surface area contributed by atoms with Crippen molar-refractivity contribution >= 4 is 10.9 Å². The number of rotatable bonds is 2. The van der Waals surface area contributed by atoms with Crippen molar-refractivity contribution in [3.05, 3.63) is 39.0 Å². The van der Waals surface area contributed by atoms with E-state index in [2.05, 4.69) is 9.97 Å². The van der Waals surface area contributed by atoms with Gasteiger partial charge in [0.2, 0.25) is 0 Å². The molecule has 0 bridgehead atoms. The van der Waals surface area contributed by atoms with Gasteiger partial charge in [0.15, 0.2) is 0 Å². The highest BCUT2D eigenvalue weighted by molar-refractivity contribution is 5.78. The van der Waals surface area contributed by atoms with Gasteiger partial charge in [-0.1, -0.05) is 0 Å². The van der Waals surface area contributed by atoms with Crippen LogP contribution in [0.4, 0.5) is 0 Å². The van der Waals surface area contributed by atoms with Crippen molar-refractivity contribution in [1.82, 2.24) is 9.97 Å². The smallest absolute Gasteiger partial charge is 0.326 e. The third-order valence-electron chi connectivity index (χ3n) is 2.08. The predicted molar refractivity (Wildman–Crippen MR) is 61.0 cm³/mol. The van der Waals surface area contributed by atoms with Crippen LogP contribution >= 0.6 is 0 Å². The fraction of sp³-hybridized carbons (Fsp3) is 0.273. The number of hydrogen-bond donors (Lipinski definition) is 2. The van der Waals surface area contributed by atoms with E-state index in [0.717, 1.165) is 0 Å². The standard InChI is InChI=1S/C11H12N2O3/c1-6(2)16-7-3-4-8-9(5-7)12-11(15)13-10(8)14/h3-6H,1-2H3,(H2,12,13,14,15). The van der Waals surface area contributed by atoms with Gasteiger partial charge in [-0.3, -0.25) is 9.78 Å². The summed E-state index contributed by atoms with van der Waals surface area (Å²) in [6, 6.07) is 4.98. The first kappa shape index (κ1) is 10.5. The first-order valence-electron chi connectivity index (χ1n) is 4.99.